The summed E-state index contributed by atoms with van der Waals surface area (Å²) in [5.74, 6) is -0.686. The third-order valence-corrected chi connectivity index (χ3v) is 10.5. The van der Waals surface area contributed by atoms with Crippen LogP contribution in [-0.2, 0) is 19.6 Å². The number of anilines is 1. The van der Waals surface area contributed by atoms with E-state index in [1.165, 1.54) is 6.07 Å². The van der Waals surface area contributed by atoms with E-state index in [0.29, 0.717) is 35.1 Å². The molecule has 0 N–H and O–H groups in total. The summed E-state index contributed by atoms with van der Waals surface area (Å²) in [4.78, 5) is 26.7. The number of carbonyl (C=O) groups excluding carboxylic acids is 2. The molecule has 0 atom stereocenters. The molecule has 0 spiro atoms. The Labute approximate surface area is 216 Å². The fraction of sp³-hybridized carbons (Fsp3) is 0.429. The van der Waals surface area contributed by atoms with Crippen LogP contribution in [0.3, 0.4) is 0 Å². The molecule has 2 aliphatic carbocycles. The molecule has 2 fully saturated rings. The van der Waals surface area contributed by atoms with Crippen molar-refractivity contribution in [2.75, 3.05) is 4.31 Å². The summed E-state index contributed by atoms with van der Waals surface area (Å²) in [5.41, 5.74) is 0.298. The first-order valence-electron chi connectivity index (χ1n) is 12.8. The van der Waals surface area contributed by atoms with Gasteiger partial charge in [-0.3, -0.25) is 9.59 Å². The number of ether oxygens (including phenoxy) is 1. The van der Waals surface area contributed by atoms with Crippen LogP contribution in [-0.4, -0.2) is 20.3 Å². The molecule has 190 valence electrons. The molecule has 1 aromatic heterocycles. The van der Waals surface area contributed by atoms with Crippen LogP contribution in [0.4, 0.5) is 5.69 Å². The number of esters is 1. The van der Waals surface area contributed by atoms with E-state index in [1.54, 1.807) is 35.7 Å². The lowest BCUT2D eigenvalue weighted by Gasteiger charge is -2.29. The van der Waals surface area contributed by atoms with Gasteiger partial charge in [0, 0.05) is 16.7 Å². The average Bonchev–Trinajstić information content (AvgIpc) is 3.47. The molecule has 6 nitrogen and oxygen atoms in total. The van der Waals surface area contributed by atoms with E-state index in [9.17, 15) is 18.0 Å². The van der Waals surface area contributed by atoms with Gasteiger partial charge in [-0.1, -0.05) is 68.9 Å². The Kier molecular flexibility index (Phi) is 7.44. The highest BCUT2D eigenvalue weighted by atomic mass is 32.2. The highest BCUT2D eigenvalue weighted by Gasteiger charge is 2.37. The van der Waals surface area contributed by atoms with Crippen LogP contribution < -0.4 is 9.04 Å². The van der Waals surface area contributed by atoms with Gasteiger partial charge in [-0.25, -0.2) is 4.31 Å². The molecule has 0 aliphatic heterocycles. The molecule has 0 saturated heterocycles. The fourth-order valence-electron chi connectivity index (χ4n) is 5.43. The maximum absolute atomic E-state index is 13.8. The maximum atomic E-state index is 13.8. The van der Waals surface area contributed by atoms with Crippen molar-refractivity contribution >= 4 is 49.7 Å². The highest BCUT2D eigenvalue weighted by Crippen LogP contribution is 2.39. The van der Waals surface area contributed by atoms with Crippen LogP contribution in [0.2, 0.25) is 0 Å². The lowest BCUT2D eigenvalue weighted by atomic mass is 9.88. The van der Waals surface area contributed by atoms with Crippen molar-refractivity contribution < 1.29 is 22.7 Å². The van der Waals surface area contributed by atoms with Crippen molar-refractivity contribution in [2.45, 2.75) is 68.4 Å². The summed E-state index contributed by atoms with van der Waals surface area (Å²) in [6, 6.07) is 13.7. The Morgan fingerprint density at radius 3 is 2.06 bits per heavy atom. The number of hydrogen-bond acceptors (Lipinski definition) is 6. The minimum atomic E-state index is -4.11. The Hall–Kier alpha value is -2.71. The minimum Gasteiger partial charge on any atom is -0.426 e. The van der Waals surface area contributed by atoms with Crippen molar-refractivity contribution in [2.24, 2.45) is 11.8 Å². The molecule has 1 heterocycles. The fourth-order valence-corrected chi connectivity index (χ4v) is 7.99. The van der Waals surface area contributed by atoms with Gasteiger partial charge in [-0.15, -0.1) is 11.3 Å². The van der Waals surface area contributed by atoms with E-state index in [0.717, 1.165) is 67.0 Å². The molecule has 3 aromatic rings. The second-order valence-electron chi connectivity index (χ2n) is 9.76. The lowest BCUT2D eigenvalue weighted by Crippen LogP contribution is -2.41. The molecule has 2 aromatic carbocycles. The first-order chi connectivity index (χ1) is 17.5. The summed E-state index contributed by atoms with van der Waals surface area (Å²) >= 11 is 1.10. The van der Waals surface area contributed by atoms with E-state index in [-0.39, 0.29) is 27.9 Å². The molecule has 0 unspecified atom stereocenters. The number of nitrogens with zero attached hydrogens (tertiary/aromatic N) is 1. The zero-order valence-electron chi connectivity index (χ0n) is 20.2. The summed E-state index contributed by atoms with van der Waals surface area (Å²) in [5, 5.41) is 2.87. The van der Waals surface area contributed by atoms with Gasteiger partial charge in [-0.05, 0) is 49.3 Å². The van der Waals surface area contributed by atoms with E-state index >= 15 is 0 Å². The van der Waals surface area contributed by atoms with E-state index < -0.39 is 10.0 Å². The number of rotatable bonds is 6. The van der Waals surface area contributed by atoms with Crippen LogP contribution in [0, 0.1) is 11.8 Å². The second kappa shape index (κ2) is 10.7. The Balaban J connectivity index is 1.58. The predicted octanol–water partition coefficient (Wildman–Crippen LogP) is 6.69. The average molecular weight is 526 g/mol. The summed E-state index contributed by atoms with van der Waals surface area (Å²) < 4.78 is 34.6. The molecule has 2 saturated carbocycles. The van der Waals surface area contributed by atoms with Gasteiger partial charge >= 0.3 is 5.97 Å². The molecular weight excluding hydrogens is 494 g/mol. The molecular formula is C28H31NO5S2. The van der Waals surface area contributed by atoms with Gasteiger partial charge in [0.2, 0.25) is 5.91 Å². The van der Waals surface area contributed by atoms with Crippen LogP contribution >= 0.6 is 11.3 Å². The topological polar surface area (TPSA) is 80.8 Å². The van der Waals surface area contributed by atoms with Gasteiger partial charge in [0.25, 0.3) is 10.0 Å². The van der Waals surface area contributed by atoms with Crippen molar-refractivity contribution in [3.8, 4) is 5.75 Å². The van der Waals surface area contributed by atoms with Crippen molar-refractivity contribution in [3.05, 3.63) is 53.9 Å². The third kappa shape index (κ3) is 4.93. The van der Waals surface area contributed by atoms with Crippen LogP contribution in [0.1, 0.15) is 64.2 Å². The summed E-state index contributed by atoms with van der Waals surface area (Å²) in [7, 11) is -4.11. The number of sulfonamides is 1. The van der Waals surface area contributed by atoms with Gasteiger partial charge < -0.3 is 4.74 Å². The number of hydrogen-bond donors (Lipinski definition) is 0. The first kappa shape index (κ1) is 25.0. The largest absolute Gasteiger partial charge is 0.426 e. The normalized spacial score (nSPS) is 17.7. The Morgan fingerprint density at radius 1 is 0.778 bits per heavy atom. The third-order valence-electron chi connectivity index (χ3n) is 7.37. The second-order valence-corrected chi connectivity index (χ2v) is 12.7. The number of carbonyl (C=O) groups is 2. The summed E-state index contributed by atoms with van der Waals surface area (Å²) in [6.45, 7) is 0. The molecule has 5 rings (SSSR count). The Bertz CT molecular complexity index is 1340. The summed E-state index contributed by atoms with van der Waals surface area (Å²) in [6.07, 6.45) is 9.12. The predicted molar refractivity (Wildman–Crippen MR) is 142 cm³/mol. The van der Waals surface area contributed by atoms with Gasteiger partial charge in [0.15, 0.2) is 0 Å². The highest BCUT2D eigenvalue weighted by molar-refractivity contribution is 7.95. The maximum Gasteiger partial charge on any atom is 0.314 e. The van der Waals surface area contributed by atoms with Gasteiger partial charge in [0.1, 0.15) is 9.96 Å². The van der Waals surface area contributed by atoms with E-state index in [2.05, 4.69) is 0 Å². The Morgan fingerprint density at radius 2 is 1.42 bits per heavy atom. The van der Waals surface area contributed by atoms with Crippen molar-refractivity contribution in [1.29, 1.82) is 0 Å². The minimum absolute atomic E-state index is 0.110. The molecule has 8 heteroatoms. The smallest absolute Gasteiger partial charge is 0.314 e. The van der Waals surface area contributed by atoms with E-state index in [1.807, 2.05) is 12.1 Å². The number of fused-ring (bicyclic) bond motifs is 1. The number of thiophene rings is 1. The first-order valence-corrected chi connectivity index (χ1v) is 15.1. The molecule has 2 aliphatic rings. The molecule has 1 amide bonds. The quantitative estimate of drug-likeness (QED) is 0.265. The van der Waals surface area contributed by atoms with Gasteiger partial charge in [-0.2, -0.15) is 8.42 Å². The molecule has 0 bridgehead atoms. The number of amides is 1. The van der Waals surface area contributed by atoms with Crippen LogP contribution in [0.25, 0.3) is 10.8 Å². The van der Waals surface area contributed by atoms with Crippen LogP contribution in [0.5, 0.6) is 5.75 Å². The van der Waals surface area contributed by atoms with Gasteiger partial charge in [0.05, 0.1) is 11.6 Å². The van der Waals surface area contributed by atoms with Crippen molar-refractivity contribution in [1.82, 2.24) is 0 Å². The van der Waals surface area contributed by atoms with Crippen molar-refractivity contribution in [3.63, 3.8) is 0 Å². The zero-order valence-corrected chi connectivity index (χ0v) is 21.9. The number of benzene rings is 2. The molecule has 36 heavy (non-hydrogen) atoms. The lowest BCUT2D eigenvalue weighted by molar-refractivity contribution is -0.139. The standard InChI is InChI=1S/C28H31NO5S2/c30-27(20-10-3-1-4-11-20)29(36(32,33)26-16-9-19-35-26)24-17-18-25(23-15-8-7-14-22(23)24)34-28(31)21-12-5-2-6-13-21/h7-9,14-21H,1-6,10-13H2. The monoisotopic (exact) mass is 525 g/mol. The van der Waals surface area contributed by atoms with Crippen LogP contribution in [0.15, 0.2) is 58.1 Å². The SMILES string of the molecule is O=C(Oc1ccc(N(C(=O)C2CCCCC2)S(=O)(=O)c2cccs2)c2ccccc12)C1CCCCC1. The molecule has 0 radical (unpaired) electrons. The zero-order chi connectivity index (χ0) is 25.1. The van der Waals surface area contributed by atoms with E-state index in [4.69, 9.17) is 4.74 Å².